The van der Waals surface area contributed by atoms with Gasteiger partial charge in [-0.2, -0.15) is 0 Å². The van der Waals surface area contributed by atoms with Crippen molar-refractivity contribution in [2.75, 3.05) is 21.0 Å². The summed E-state index contributed by atoms with van der Waals surface area (Å²) >= 11 is 0. The molecule has 0 amide bonds. The number of aliphatic hydroxyl groups excluding tert-OH is 1. The Morgan fingerprint density at radius 1 is 1.16 bits per heavy atom. The first-order chi connectivity index (χ1) is 20.3. The highest BCUT2D eigenvalue weighted by molar-refractivity contribution is 5.95. The summed E-state index contributed by atoms with van der Waals surface area (Å²) < 4.78 is 48.7. The lowest BCUT2D eigenvalue weighted by atomic mass is 9.98. The first-order valence-electron chi connectivity index (χ1n) is 13.7. The van der Waals surface area contributed by atoms with Crippen molar-refractivity contribution in [1.82, 2.24) is 0 Å². The Morgan fingerprint density at radius 2 is 1.86 bits per heavy atom. The molecule has 1 saturated heterocycles. The first kappa shape index (κ1) is 33.7. The predicted octanol–water partition coefficient (Wildman–Crippen LogP) is 5.19. The van der Waals surface area contributed by atoms with Crippen molar-refractivity contribution < 1.29 is 52.6 Å². The summed E-state index contributed by atoms with van der Waals surface area (Å²) in [6, 6.07) is 11.3. The van der Waals surface area contributed by atoms with Gasteiger partial charge in [0, 0.05) is 13.2 Å². The number of benzene rings is 2. The van der Waals surface area contributed by atoms with E-state index in [1.165, 1.54) is 40.2 Å². The number of hydrogen-bond acceptors (Lipinski definition) is 9. The number of carbonyl (C=O) groups is 2. The number of ether oxygens (including phenoxy) is 6. The maximum Gasteiger partial charge on any atom is 0.340 e. The number of alkyl halides is 1. The van der Waals surface area contributed by atoms with E-state index in [0.29, 0.717) is 16.9 Å². The minimum atomic E-state index is -2.11. The van der Waals surface area contributed by atoms with Gasteiger partial charge in [0.05, 0.1) is 24.9 Å². The molecule has 0 radical (unpaired) electrons. The minimum absolute atomic E-state index is 0.0678. The SMILES string of the molecule is COCOc1cc(OC)cc(C=CC[C@@H]2OC(C)(C)OC2C(C=CC(C)(F)C(C)O)OC(=O)c2ccccc2)c1C(=O)O. The molecule has 0 aliphatic carbocycles. The van der Waals surface area contributed by atoms with Crippen LogP contribution in [0.2, 0.25) is 0 Å². The zero-order chi connectivity index (χ0) is 31.8. The molecule has 2 aromatic carbocycles. The minimum Gasteiger partial charge on any atom is -0.497 e. The molecule has 0 bridgehead atoms. The van der Waals surface area contributed by atoms with Crippen molar-refractivity contribution in [2.24, 2.45) is 0 Å². The van der Waals surface area contributed by atoms with E-state index in [0.717, 1.165) is 6.08 Å². The molecule has 5 atom stereocenters. The van der Waals surface area contributed by atoms with Gasteiger partial charge in [0.2, 0.25) is 0 Å². The first-order valence-corrected chi connectivity index (χ1v) is 13.7. The van der Waals surface area contributed by atoms with Crippen LogP contribution in [0.5, 0.6) is 11.5 Å². The van der Waals surface area contributed by atoms with Crippen LogP contribution >= 0.6 is 0 Å². The van der Waals surface area contributed by atoms with Crippen molar-refractivity contribution in [3.05, 3.63) is 77.4 Å². The Hall–Kier alpha value is -3.77. The van der Waals surface area contributed by atoms with Gasteiger partial charge in [-0.15, -0.1) is 0 Å². The van der Waals surface area contributed by atoms with E-state index < -0.39 is 47.8 Å². The second kappa shape index (κ2) is 14.6. The molecular formula is C32H39FO10. The van der Waals surface area contributed by atoms with Crippen LogP contribution in [0, 0.1) is 0 Å². The number of carboxylic acids is 1. The molecule has 1 fully saturated rings. The Kier molecular flexibility index (Phi) is 11.5. The lowest BCUT2D eigenvalue weighted by Crippen LogP contribution is -2.38. The number of aliphatic hydroxyl groups is 1. The molecule has 0 saturated carbocycles. The molecule has 0 aromatic heterocycles. The van der Waals surface area contributed by atoms with Crippen LogP contribution in [0.3, 0.4) is 0 Å². The van der Waals surface area contributed by atoms with Crippen molar-refractivity contribution in [1.29, 1.82) is 0 Å². The molecule has 3 rings (SSSR count). The van der Waals surface area contributed by atoms with Crippen LogP contribution in [-0.4, -0.2) is 79.0 Å². The average Bonchev–Trinajstić information content (AvgIpc) is 3.27. The molecule has 2 N–H and O–H groups in total. The van der Waals surface area contributed by atoms with Gasteiger partial charge >= 0.3 is 11.9 Å². The topological polar surface area (TPSA) is 130 Å². The smallest absolute Gasteiger partial charge is 0.340 e. The fourth-order valence-corrected chi connectivity index (χ4v) is 4.38. The second-order valence-corrected chi connectivity index (χ2v) is 10.6. The van der Waals surface area contributed by atoms with Crippen LogP contribution in [0.4, 0.5) is 4.39 Å². The second-order valence-electron chi connectivity index (χ2n) is 10.6. The maximum atomic E-state index is 15.0. The quantitative estimate of drug-likeness (QED) is 0.169. The number of esters is 1. The molecular weight excluding hydrogens is 563 g/mol. The van der Waals surface area contributed by atoms with Crippen molar-refractivity contribution in [3.63, 3.8) is 0 Å². The number of rotatable bonds is 14. The van der Waals surface area contributed by atoms with E-state index in [-0.39, 0.29) is 24.5 Å². The van der Waals surface area contributed by atoms with E-state index in [9.17, 15) is 24.2 Å². The zero-order valence-electron chi connectivity index (χ0n) is 25.1. The average molecular weight is 603 g/mol. The van der Waals surface area contributed by atoms with E-state index in [1.54, 1.807) is 62.4 Å². The maximum absolute atomic E-state index is 15.0. The van der Waals surface area contributed by atoms with Gasteiger partial charge in [-0.3, -0.25) is 0 Å². The fourth-order valence-electron chi connectivity index (χ4n) is 4.38. The van der Waals surface area contributed by atoms with Gasteiger partial charge < -0.3 is 38.6 Å². The molecule has 234 valence electrons. The number of methoxy groups -OCH3 is 2. The predicted molar refractivity (Wildman–Crippen MR) is 156 cm³/mol. The Labute approximate surface area is 250 Å². The molecule has 1 heterocycles. The molecule has 2 aromatic rings. The Balaban J connectivity index is 1.94. The van der Waals surface area contributed by atoms with Crippen LogP contribution in [-0.2, 0) is 18.9 Å². The third-order valence-electron chi connectivity index (χ3n) is 6.78. The normalized spacial score (nSPS) is 20.9. The van der Waals surface area contributed by atoms with Crippen molar-refractivity contribution in [3.8, 4) is 11.5 Å². The lowest BCUT2D eigenvalue weighted by Gasteiger charge is -2.26. The third kappa shape index (κ3) is 9.11. The largest absolute Gasteiger partial charge is 0.497 e. The van der Waals surface area contributed by atoms with Gasteiger partial charge in [0.1, 0.15) is 29.3 Å². The van der Waals surface area contributed by atoms with Crippen LogP contribution < -0.4 is 9.47 Å². The van der Waals surface area contributed by atoms with E-state index >= 15 is 0 Å². The summed E-state index contributed by atoms with van der Waals surface area (Å²) in [5.74, 6) is -2.50. The summed E-state index contributed by atoms with van der Waals surface area (Å²) in [4.78, 5) is 25.1. The molecule has 11 heteroatoms. The summed E-state index contributed by atoms with van der Waals surface area (Å²) in [6.45, 7) is 5.76. The monoisotopic (exact) mass is 602 g/mol. The van der Waals surface area contributed by atoms with Crippen molar-refractivity contribution in [2.45, 2.75) is 70.0 Å². The summed E-state index contributed by atoms with van der Waals surface area (Å²) in [6.07, 6.45) is 1.99. The molecule has 1 aliphatic heterocycles. The highest BCUT2D eigenvalue weighted by Crippen LogP contribution is 2.35. The van der Waals surface area contributed by atoms with Gasteiger partial charge in [-0.1, -0.05) is 30.4 Å². The molecule has 4 unspecified atom stereocenters. The van der Waals surface area contributed by atoms with Gasteiger partial charge in [-0.05, 0) is 70.0 Å². The van der Waals surface area contributed by atoms with E-state index in [2.05, 4.69) is 0 Å². The lowest BCUT2D eigenvalue weighted by molar-refractivity contribution is -0.152. The Morgan fingerprint density at radius 3 is 2.47 bits per heavy atom. The summed E-state index contributed by atoms with van der Waals surface area (Å²) in [7, 11) is 2.87. The summed E-state index contributed by atoms with van der Waals surface area (Å²) in [5, 5.41) is 19.8. The van der Waals surface area contributed by atoms with Gasteiger partial charge in [-0.25, -0.2) is 14.0 Å². The van der Waals surface area contributed by atoms with Crippen molar-refractivity contribution >= 4 is 18.0 Å². The van der Waals surface area contributed by atoms with Gasteiger partial charge in [0.15, 0.2) is 18.2 Å². The number of hydrogen-bond donors (Lipinski definition) is 2. The summed E-state index contributed by atoms with van der Waals surface area (Å²) in [5.41, 5.74) is -1.60. The number of carboxylic acid groups (broad SMARTS) is 1. The molecule has 10 nitrogen and oxygen atoms in total. The fraction of sp³-hybridized carbons (Fsp3) is 0.438. The highest BCUT2D eigenvalue weighted by atomic mass is 19.1. The highest BCUT2D eigenvalue weighted by Gasteiger charge is 2.45. The number of aromatic carboxylic acids is 1. The number of carbonyl (C=O) groups excluding carboxylic acids is 1. The van der Waals surface area contributed by atoms with Crippen LogP contribution in [0.15, 0.2) is 60.7 Å². The Bertz CT molecular complexity index is 1300. The standard InChI is InChI=1S/C32H39FO10/c1-20(34)32(4,33)16-15-24(41-30(37)21-11-8-7-9-12-21)28-25(42-31(2,3)43-28)14-10-13-22-17-23(39-6)18-26(40-19-38-5)27(22)29(35)36/h7-13,15-18,20,24-25,28,34H,14,19H2,1-6H3,(H,35,36)/t20?,24?,25-,28?,32?/m0/s1. The van der Waals surface area contributed by atoms with Crippen LogP contribution in [0.25, 0.3) is 6.08 Å². The molecule has 1 aliphatic rings. The zero-order valence-corrected chi connectivity index (χ0v) is 25.1. The van der Waals surface area contributed by atoms with E-state index in [1.807, 2.05) is 0 Å². The molecule has 0 spiro atoms. The van der Waals surface area contributed by atoms with E-state index in [4.69, 9.17) is 28.4 Å². The third-order valence-corrected chi connectivity index (χ3v) is 6.78. The molecule has 43 heavy (non-hydrogen) atoms. The van der Waals surface area contributed by atoms with Gasteiger partial charge in [0.25, 0.3) is 0 Å². The van der Waals surface area contributed by atoms with Crippen LogP contribution in [0.1, 0.15) is 60.4 Å². The number of halogens is 1.